The van der Waals surface area contributed by atoms with Gasteiger partial charge in [-0.2, -0.15) is 0 Å². The fourth-order valence-corrected chi connectivity index (χ4v) is 2.04. The standard InChI is InChI=1S/C10H15NS/c1-4-12-9-6-5-7-11-10(9)8(2)3/h5-8H,4H2,1-3H3. The molecule has 1 aromatic rings. The fourth-order valence-electron chi connectivity index (χ4n) is 1.11. The summed E-state index contributed by atoms with van der Waals surface area (Å²) in [5.74, 6) is 1.64. The normalized spacial score (nSPS) is 10.7. The third-order valence-corrected chi connectivity index (χ3v) is 2.59. The van der Waals surface area contributed by atoms with E-state index < -0.39 is 0 Å². The molecule has 1 aromatic heterocycles. The average molecular weight is 181 g/mol. The van der Waals surface area contributed by atoms with Gasteiger partial charge in [-0.25, -0.2) is 0 Å². The largest absolute Gasteiger partial charge is 0.260 e. The van der Waals surface area contributed by atoms with Gasteiger partial charge in [-0.3, -0.25) is 4.98 Å². The molecule has 1 nitrogen and oxygen atoms in total. The number of hydrogen-bond acceptors (Lipinski definition) is 2. The number of nitrogens with zero attached hydrogens (tertiary/aromatic N) is 1. The zero-order valence-electron chi connectivity index (χ0n) is 7.87. The lowest BCUT2D eigenvalue weighted by Gasteiger charge is -2.09. The van der Waals surface area contributed by atoms with Crippen LogP contribution in [-0.4, -0.2) is 10.7 Å². The van der Waals surface area contributed by atoms with Crippen LogP contribution in [0.2, 0.25) is 0 Å². The second kappa shape index (κ2) is 4.51. The van der Waals surface area contributed by atoms with Gasteiger partial charge in [0.05, 0.1) is 5.69 Å². The molecule has 0 unspecified atom stereocenters. The zero-order valence-corrected chi connectivity index (χ0v) is 8.69. The highest BCUT2D eigenvalue weighted by Gasteiger charge is 2.06. The van der Waals surface area contributed by atoms with E-state index in [0.717, 1.165) is 5.75 Å². The number of rotatable bonds is 3. The number of pyridine rings is 1. The third kappa shape index (κ3) is 2.24. The van der Waals surface area contributed by atoms with Crippen molar-refractivity contribution >= 4 is 11.8 Å². The van der Waals surface area contributed by atoms with Gasteiger partial charge in [-0.05, 0) is 23.8 Å². The lowest BCUT2D eigenvalue weighted by Crippen LogP contribution is -1.94. The molecule has 0 fully saturated rings. The van der Waals surface area contributed by atoms with E-state index >= 15 is 0 Å². The van der Waals surface area contributed by atoms with Crippen molar-refractivity contribution in [1.29, 1.82) is 0 Å². The Balaban J connectivity index is 2.92. The minimum absolute atomic E-state index is 0.528. The van der Waals surface area contributed by atoms with Gasteiger partial charge < -0.3 is 0 Å². The van der Waals surface area contributed by atoms with E-state index in [9.17, 15) is 0 Å². The Kier molecular flexibility index (Phi) is 3.60. The van der Waals surface area contributed by atoms with Crippen LogP contribution in [0.15, 0.2) is 23.2 Å². The Morgan fingerprint density at radius 2 is 2.25 bits per heavy atom. The topological polar surface area (TPSA) is 12.9 Å². The Bertz CT molecular complexity index is 245. The van der Waals surface area contributed by atoms with Crippen LogP contribution in [0.3, 0.4) is 0 Å². The van der Waals surface area contributed by atoms with Gasteiger partial charge in [-0.1, -0.05) is 20.8 Å². The molecule has 0 atom stereocenters. The molecule has 12 heavy (non-hydrogen) atoms. The fraction of sp³-hybridized carbons (Fsp3) is 0.500. The maximum absolute atomic E-state index is 4.38. The summed E-state index contributed by atoms with van der Waals surface area (Å²) < 4.78 is 0. The quantitative estimate of drug-likeness (QED) is 0.663. The van der Waals surface area contributed by atoms with E-state index in [4.69, 9.17) is 0 Å². The monoisotopic (exact) mass is 181 g/mol. The molecule has 0 radical (unpaired) electrons. The highest BCUT2D eigenvalue weighted by atomic mass is 32.2. The molecule has 1 heterocycles. The van der Waals surface area contributed by atoms with Crippen molar-refractivity contribution < 1.29 is 0 Å². The van der Waals surface area contributed by atoms with E-state index in [0.29, 0.717) is 5.92 Å². The van der Waals surface area contributed by atoms with Crippen LogP contribution in [0.1, 0.15) is 32.4 Å². The lowest BCUT2D eigenvalue weighted by molar-refractivity contribution is 0.795. The number of thioether (sulfide) groups is 1. The highest BCUT2D eigenvalue weighted by molar-refractivity contribution is 7.99. The summed E-state index contributed by atoms with van der Waals surface area (Å²) >= 11 is 1.87. The van der Waals surface area contributed by atoms with Crippen molar-refractivity contribution in [2.75, 3.05) is 5.75 Å². The minimum atomic E-state index is 0.528. The lowest BCUT2D eigenvalue weighted by atomic mass is 10.1. The van der Waals surface area contributed by atoms with Crippen LogP contribution in [0.4, 0.5) is 0 Å². The average Bonchev–Trinajstić information content (AvgIpc) is 2.05. The van der Waals surface area contributed by atoms with E-state index in [1.807, 2.05) is 24.0 Å². The van der Waals surface area contributed by atoms with Crippen molar-refractivity contribution in [3.63, 3.8) is 0 Å². The molecule has 0 saturated carbocycles. The predicted octanol–water partition coefficient (Wildman–Crippen LogP) is 3.32. The molecule has 0 saturated heterocycles. The molecular weight excluding hydrogens is 166 g/mol. The molecule has 0 aliphatic carbocycles. The third-order valence-electron chi connectivity index (χ3n) is 1.65. The molecule has 0 N–H and O–H groups in total. The maximum Gasteiger partial charge on any atom is 0.0564 e. The molecular formula is C10H15NS. The number of aromatic nitrogens is 1. The molecule has 1 rings (SSSR count). The molecule has 0 bridgehead atoms. The summed E-state index contributed by atoms with van der Waals surface area (Å²) in [4.78, 5) is 5.70. The summed E-state index contributed by atoms with van der Waals surface area (Å²) in [7, 11) is 0. The summed E-state index contributed by atoms with van der Waals surface area (Å²) in [6.07, 6.45) is 1.87. The van der Waals surface area contributed by atoms with Gasteiger partial charge >= 0.3 is 0 Å². The molecule has 0 amide bonds. The van der Waals surface area contributed by atoms with Gasteiger partial charge in [0.25, 0.3) is 0 Å². The predicted molar refractivity (Wildman–Crippen MR) is 54.7 cm³/mol. The minimum Gasteiger partial charge on any atom is -0.260 e. The van der Waals surface area contributed by atoms with Crippen LogP contribution in [0, 0.1) is 0 Å². The smallest absolute Gasteiger partial charge is 0.0564 e. The molecule has 0 spiro atoms. The van der Waals surface area contributed by atoms with Crippen LogP contribution in [-0.2, 0) is 0 Å². The first-order chi connectivity index (χ1) is 5.75. The number of hydrogen-bond donors (Lipinski definition) is 0. The Morgan fingerprint density at radius 1 is 1.50 bits per heavy atom. The van der Waals surface area contributed by atoms with E-state index in [-0.39, 0.29) is 0 Å². The summed E-state index contributed by atoms with van der Waals surface area (Å²) in [6.45, 7) is 6.53. The van der Waals surface area contributed by atoms with Gasteiger partial charge in [0, 0.05) is 11.1 Å². The van der Waals surface area contributed by atoms with Gasteiger partial charge in [-0.15, -0.1) is 11.8 Å². The van der Waals surface area contributed by atoms with Crippen molar-refractivity contribution in [2.24, 2.45) is 0 Å². The maximum atomic E-state index is 4.38. The molecule has 0 aliphatic heterocycles. The SMILES string of the molecule is CCSc1cccnc1C(C)C. The van der Waals surface area contributed by atoms with Crippen LogP contribution >= 0.6 is 11.8 Å². The Morgan fingerprint density at radius 3 is 2.83 bits per heavy atom. The molecule has 66 valence electrons. The van der Waals surface area contributed by atoms with Crippen LogP contribution in [0.25, 0.3) is 0 Å². The molecule has 0 aliphatic rings. The first kappa shape index (κ1) is 9.59. The second-order valence-electron chi connectivity index (χ2n) is 2.97. The van der Waals surface area contributed by atoms with Crippen molar-refractivity contribution in [3.05, 3.63) is 24.0 Å². The summed E-state index contributed by atoms with van der Waals surface area (Å²) in [6, 6.07) is 4.15. The Labute approximate surface area is 78.6 Å². The first-order valence-corrected chi connectivity index (χ1v) is 5.32. The van der Waals surface area contributed by atoms with Crippen molar-refractivity contribution in [3.8, 4) is 0 Å². The second-order valence-corrected chi connectivity index (χ2v) is 4.28. The summed E-state index contributed by atoms with van der Waals surface area (Å²) in [5, 5.41) is 0. The van der Waals surface area contributed by atoms with Gasteiger partial charge in [0.1, 0.15) is 0 Å². The van der Waals surface area contributed by atoms with Gasteiger partial charge in [0.2, 0.25) is 0 Å². The zero-order chi connectivity index (χ0) is 8.97. The van der Waals surface area contributed by atoms with Gasteiger partial charge in [0.15, 0.2) is 0 Å². The molecule has 2 heteroatoms. The van der Waals surface area contributed by atoms with E-state index in [1.54, 1.807) is 0 Å². The van der Waals surface area contributed by atoms with Crippen molar-refractivity contribution in [2.45, 2.75) is 31.6 Å². The highest BCUT2D eigenvalue weighted by Crippen LogP contribution is 2.25. The van der Waals surface area contributed by atoms with Crippen molar-refractivity contribution in [1.82, 2.24) is 4.98 Å². The van der Waals surface area contributed by atoms with E-state index in [2.05, 4.69) is 31.8 Å². The Hall–Kier alpha value is -0.500. The molecule has 0 aromatic carbocycles. The van der Waals surface area contributed by atoms with E-state index in [1.165, 1.54) is 10.6 Å². The van der Waals surface area contributed by atoms with Crippen LogP contribution in [0.5, 0.6) is 0 Å². The first-order valence-electron chi connectivity index (χ1n) is 4.33. The van der Waals surface area contributed by atoms with Crippen LogP contribution < -0.4 is 0 Å². The summed E-state index contributed by atoms with van der Waals surface area (Å²) in [5.41, 5.74) is 1.23.